The van der Waals surface area contributed by atoms with E-state index in [1.807, 2.05) is 30.3 Å². The van der Waals surface area contributed by atoms with Crippen molar-refractivity contribution in [1.29, 1.82) is 0 Å². The Morgan fingerprint density at radius 1 is 1.11 bits per heavy atom. The highest BCUT2D eigenvalue weighted by Gasteiger charge is 2.30. The largest absolute Gasteiger partial charge is 0.492 e. The molecule has 3 rings (SSSR count). The minimum Gasteiger partial charge on any atom is -0.492 e. The van der Waals surface area contributed by atoms with Gasteiger partial charge in [0.1, 0.15) is 18.2 Å². The van der Waals surface area contributed by atoms with E-state index in [-0.39, 0.29) is 23.7 Å². The molecule has 3 amide bonds. The van der Waals surface area contributed by atoms with Crippen LogP contribution >= 0.6 is 0 Å². The third-order valence-corrected chi connectivity index (χ3v) is 4.29. The lowest BCUT2D eigenvalue weighted by Crippen LogP contribution is -2.40. The molecule has 0 bridgehead atoms. The van der Waals surface area contributed by atoms with E-state index in [4.69, 9.17) is 4.74 Å². The maximum absolute atomic E-state index is 13.0. The summed E-state index contributed by atoms with van der Waals surface area (Å²) >= 11 is 0. The van der Waals surface area contributed by atoms with Gasteiger partial charge in [-0.25, -0.2) is 9.18 Å². The lowest BCUT2D eigenvalue weighted by molar-refractivity contribution is -0.117. The van der Waals surface area contributed by atoms with Gasteiger partial charge in [-0.15, -0.1) is 0 Å². The fraction of sp³-hybridized carbons (Fsp3) is 0.300. The van der Waals surface area contributed by atoms with Crippen molar-refractivity contribution < 1.29 is 18.7 Å². The Hall–Kier alpha value is -3.09. The lowest BCUT2D eigenvalue weighted by atomic mass is 10.1. The summed E-state index contributed by atoms with van der Waals surface area (Å²) in [5.74, 6) is 0.417. The maximum atomic E-state index is 13.0. The molecule has 142 valence electrons. The maximum Gasteiger partial charge on any atom is 0.314 e. The number of carbonyl (C=O) groups excluding carboxylic acids is 2. The summed E-state index contributed by atoms with van der Waals surface area (Å²) in [4.78, 5) is 25.6. The van der Waals surface area contributed by atoms with Gasteiger partial charge in [0.15, 0.2) is 0 Å². The summed E-state index contributed by atoms with van der Waals surface area (Å²) in [7, 11) is 0. The van der Waals surface area contributed by atoms with Crippen LogP contribution in [0.15, 0.2) is 54.6 Å². The van der Waals surface area contributed by atoms with Gasteiger partial charge in [0, 0.05) is 31.1 Å². The molecular weight excluding hydrogens is 349 g/mol. The number of halogens is 1. The molecule has 0 aromatic heterocycles. The Kier molecular flexibility index (Phi) is 6.25. The first-order chi connectivity index (χ1) is 13.1. The number of benzene rings is 2. The molecule has 7 heteroatoms. The van der Waals surface area contributed by atoms with E-state index in [1.54, 1.807) is 17.0 Å². The minimum absolute atomic E-state index is 0.0221. The normalized spacial score (nSPS) is 16.3. The van der Waals surface area contributed by atoms with Crippen molar-refractivity contribution in [3.05, 3.63) is 60.4 Å². The molecule has 0 saturated carbocycles. The molecule has 1 atom stereocenters. The first-order valence-electron chi connectivity index (χ1n) is 8.87. The van der Waals surface area contributed by atoms with Crippen LogP contribution in [0.25, 0.3) is 0 Å². The van der Waals surface area contributed by atoms with E-state index < -0.39 is 0 Å². The van der Waals surface area contributed by atoms with Crippen LogP contribution in [0.5, 0.6) is 5.75 Å². The van der Waals surface area contributed by atoms with Crippen molar-refractivity contribution in [2.24, 2.45) is 5.92 Å². The smallest absolute Gasteiger partial charge is 0.314 e. The van der Waals surface area contributed by atoms with Crippen molar-refractivity contribution in [1.82, 2.24) is 10.6 Å². The predicted octanol–water partition coefficient (Wildman–Crippen LogP) is 2.56. The van der Waals surface area contributed by atoms with E-state index in [2.05, 4.69) is 10.6 Å². The van der Waals surface area contributed by atoms with Crippen molar-refractivity contribution in [2.75, 3.05) is 31.1 Å². The summed E-state index contributed by atoms with van der Waals surface area (Å²) in [5.41, 5.74) is 0.673. The second-order valence-electron chi connectivity index (χ2n) is 6.35. The molecule has 1 saturated heterocycles. The van der Waals surface area contributed by atoms with Crippen LogP contribution in [0.2, 0.25) is 0 Å². The molecule has 0 spiro atoms. The molecule has 0 aliphatic carbocycles. The molecular formula is C20H22FN3O3. The van der Waals surface area contributed by atoms with Gasteiger partial charge in [0.2, 0.25) is 5.91 Å². The fourth-order valence-electron chi connectivity index (χ4n) is 2.94. The number of carbonyl (C=O) groups is 2. The summed E-state index contributed by atoms with van der Waals surface area (Å²) < 4.78 is 18.5. The zero-order valence-corrected chi connectivity index (χ0v) is 14.9. The number of urea groups is 1. The lowest BCUT2D eigenvalue weighted by Gasteiger charge is -2.17. The first-order valence-corrected chi connectivity index (χ1v) is 8.87. The number of hydrogen-bond donors (Lipinski definition) is 2. The fourth-order valence-corrected chi connectivity index (χ4v) is 2.94. The third-order valence-electron chi connectivity index (χ3n) is 4.29. The number of para-hydroxylation sites is 1. The summed E-state index contributed by atoms with van der Waals surface area (Å²) in [6.45, 7) is 1.65. The van der Waals surface area contributed by atoms with Crippen molar-refractivity contribution >= 4 is 17.6 Å². The number of nitrogens with zero attached hydrogens (tertiary/aromatic N) is 1. The minimum atomic E-state index is -0.337. The first kappa shape index (κ1) is 18.7. The SMILES string of the molecule is O=C(NCCOc1ccccc1)NCC1CC(=O)N(c2ccc(F)cc2)C1. The standard InChI is InChI=1S/C20H22FN3O3/c21-16-6-8-17(9-7-16)24-14-15(12-19(24)25)13-23-20(26)22-10-11-27-18-4-2-1-3-5-18/h1-9,15H,10-14H2,(H2,22,23,26). The summed E-state index contributed by atoms with van der Waals surface area (Å²) in [5, 5.41) is 5.50. The Labute approximate surface area is 157 Å². The highest BCUT2D eigenvalue weighted by Crippen LogP contribution is 2.24. The molecule has 2 aromatic carbocycles. The average molecular weight is 371 g/mol. The molecule has 1 heterocycles. The highest BCUT2D eigenvalue weighted by molar-refractivity contribution is 5.95. The monoisotopic (exact) mass is 371 g/mol. The topological polar surface area (TPSA) is 70.7 Å². The predicted molar refractivity (Wildman–Crippen MR) is 100 cm³/mol. The van der Waals surface area contributed by atoms with Gasteiger partial charge in [-0.05, 0) is 36.4 Å². The van der Waals surface area contributed by atoms with Crippen molar-refractivity contribution in [3.63, 3.8) is 0 Å². The van der Waals surface area contributed by atoms with Gasteiger partial charge < -0.3 is 20.3 Å². The third kappa shape index (κ3) is 5.44. The Morgan fingerprint density at radius 2 is 1.85 bits per heavy atom. The zero-order valence-electron chi connectivity index (χ0n) is 14.9. The number of ether oxygens (including phenoxy) is 1. The van der Waals surface area contributed by atoms with Crippen LogP contribution in [-0.2, 0) is 4.79 Å². The Morgan fingerprint density at radius 3 is 2.59 bits per heavy atom. The molecule has 0 radical (unpaired) electrons. The number of anilines is 1. The number of rotatable bonds is 7. The second kappa shape index (κ2) is 9.02. The van der Waals surface area contributed by atoms with Gasteiger partial charge >= 0.3 is 6.03 Å². The number of nitrogens with one attached hydrogen (secondary N) is 2. The van der Waals surface area contributed by atoms with Crippen LogP contribution in [0.4, 0.5) is 14.9 Å². The van der Waals surface area contributed by atoms with Crippen molar-refractivity contribution in [2.45, 2.75) is 6.42 Å². The van der Waals surface area contributed by atoms with Gasteiger partial charge in [-0.3, -0.25) is 4.79 Å². The molecule has 1 unspecified atom stereocenters. The van der Waals surface area contributed by atoms with Gasteiger partial charge in [-0.1, -0.05) is 18.2 Å². The molecule has 6 nitrogen and oxygen atoms in total. The molecule has 2 aromatic rings. The van der Waals surface area contributed by atoms with E-state index in [9.17, 15) is 14.0 Å². The molecule has 1 fully saturated rings. The zero-order chi connectivity index (χ0) is 19.1. The average Bonchev–Trinajstić information content (AvgIpc) is 3.06. The molecule has 2 N–H and O–H groups in total. The second-order valence-corrected chi connectivity index (χ2v) is 6.35. The van der Waals surface area contributed by atoms with E-state index in [0.29, 0.717) is 38.3 Å². The Balaban J connectivity index is 1.35. The Bertz CT molecular complexity index is 768. The van der Waals surface area contributed by atoms with Crippen molar-refractivity contribution in [3.8, 4) is 5.75 Å². The van der Waals surface area contributed by atoms with Crippen LogP contribution < -0.4 is 20.3 Å². The molecule has 1 aliphatic rings. The number of hydrogen-bond acceptors (Lipinski definition) is 3. The van der Waals surface area contributed by atoms with E-state index in [0.717, 1.165) is 5.75 Å². The van der Waals surface area contributed by atoms with Gasteiger partial charge in [0.05, 0.1) is 6.54 Å². The summed E-state index contributed by atoms with van der Waals surface area (Å²) in [6.07, 6.45) is 0.356. The quantitative estimate of drug-likeness (QED) is 0.735. The molecule has 1 aliphatic heterocycles. The van der Waals surface area contributed by atoms with Crippen LogP contribution in [0.3, 0.4) is 0 Å². The van der Waals surface area contributed by atoms with E-state index in [1.165, 1.54) is 12.1 Å². The van der Waals surface area contributed by atoms with Crippen LogP contribution in [0.1, 0.15) is 6.42 Å². The summed E-state index contributed by atoms with van der Waals surface area (Å²) in [6, 6.07) is 14.9. The van der Waals surface area contributed by atoms with Gasteiger partial charge in [0.25, 0.3) is 0 Å². The van der Waals surface area contributed by atoms with Crippen LogP contribution in [-0.4, -0.2) is 38.2 Å². The van der Waals surface area contributed by atoms with E-state index >= 15 is 0 Å². The van der Waals surface area contributed by atoms with Crippen LogP contribution in [0, 0.1) is 11.7 Å². The molecule has 27 heavy (non-hydrogen) atoms. The number of amides is 3. The highest BCUT2D eigenvalue weighted by atomic mass is 19.1. The van der Waals surface area contributed by atoms with Gasteiger partial charge in [-0.2, -0.15) is 0 Å².